The molecule has 2 fully saturated rings. The number of carbonyl (C=O) groups is 2. The number of hydrogen-bond donors (Lipinski definition) is 3. The third kappa shape index (κ3) is 7.29. The number of halogens is 5. The Hall–Kier alpha value is -3.60. The van der Waals surface area contributed by atoms with Crippen molar-refractivity contribution < 1.29 is 40.1 Å². The van der Waals surface area contributed by atoms with Gasteiger partial charge in [-0.05, 0) is 54.4 Å². The van der Waals surface area contributed by atoms with Gasteiger partial charge in [0, 0.05) is 41.8 Å². The van der Waals surface area contributed by atoms with E-state index < -0.39 is 51.8 Å². The van der Waals surface area contributed by atoms with Crippen LogP contribution in [0.15, 0.2) is 66.7 Å². The van der Waals surface area contributed by atoms with E-state index >= 15 is 0 Å². The van der Waals surface area contributed by atoms with Crippen LogP contribution in [-0.4, -0.2) is 62.4 Å². The van der Waals surface area contributed by atoms with Crippen LogP contribution >= 0.6 is 23.2 Å². The van der Waals surface area contributed by atoms with E-state index in [0.717, 1.165) is 16.4 Å². The first kappa shape index (κ1) is 34.7. The number of primary amides is 1. The first-order chi connectivity index (χ1) is 22.1. The molecule has 0 bridgehead atoms. The molecule has 0 aromatic heterocycles. The Kier molecular flexibility index (Phi) is 9.97. The van der Waals surface area contributed by atoms with Gasteiger partial charge in [-0.3, -0.25) is 15.4 Å². The van der Waals surface area contributed by atoms with Gasteiger partial charge in [0.05, 0.1) is 24.3 Å². The number of nitrogens with two attached hydrogens (primary N) is 1. The summed E-state index contributed by atoms with van der Waals surface area (Å²) in [5, 5.41) is 7.71. The Morgan fingerprint density at radius 1 is 0.915 bits per heavy atom. The predicted octanol–water partition coefficient (Wildman–Crippen LogP) is 4.72. The third-order valence-corrected chi connectivity index (χ3v) is 9.78. The zero-order valence-corrected chi connectivity index (χ0v) is 27.1. The number of ether oxygens (including phenoxy) is 1. The second-order valence-electron chi connectivity index (χ2n) is 10.8. The maximum absolute atomic E-state index is 14.8. The lowest BCUT2D eigenvalue weighted by molar-refractivity contribution is -0.141. The highest BCUT2D eigenvalue weighted by molar-refractivity contribution is 7.84. The second-order valence-corrected chi connectivity index (χ2v) is 13.2. The molecule has 47 heavy (non-hydrogen) atoms. The average Bonchev–Trinajstić information content (AvgIpc) is 3.42. The second kappa shape index (κ2) is 13.5. The van der Waals surface area contributed by atoms with Crippen molar-refractivity contribution in [2.75, 3.05) is 32.8 Å². The molecule has 0 saturated carbocycles. The minimum Gasteiger partial charge on any atom is -0.493 e. The molecule has 3 aromatic carbocycles. The Morgan fingerprint density at radius 2 is 1.43 bits per heavy atom. The van der Waals surface area contributed by atoms with E-state index in [1.807, 2.05) is 0 Å². The Balaban J connectivity index is 1.63. The highest BCUT2D eigenvalue weighted by atomic mass is 35.5. The largest absolute Gasteiger partial charge is 0.493 e. The molecule has 2 aliphatic heterocycles. The summed E-state index contributed by atoms with van der Waals surface area (Å²) >= 11 is 12.3. The van der Waals surface area contributed by atoms with Crippen LogP contribution in [0.2, 0.25) is 10.0 Å². The number of nitrogens with one attached hydrogen (secondary N) is 2. The fraction of sp³-hybridized carbons (Fsp3) is 0.333. The Morgan fingerprint density at radius 3 is 1.87 bits per heavy atom. The molecule has 2 heterocycles. The molecule has 2 amide bonds. The van der Waals surface area contributed by atoms with E-state index in [2.05, 4.69) is 14.8 Å². The number of rotatable bonds is 8. The summed E-state index contributed by atoms with van der Waals surface area (Å²) in [4.78, 5) is 27.3. The van der Waals surface area contributed by atoms with Crippen LogP contribution < -0.4 is 21.1 Å². The van der Waals surface area contributed by atoms with Crippen molar-refractivity contribution in [3.05, 3.63) is 99.0 Å². The van der Waals surface area contributed by atoms with E-state index in [0.29, 0.717) is 21.2 Å². The number of hydrogen-bond acceptors (Lipinski definition) is 8. The van der Waals surface area contributed by atoms with Gasteiger partial charge in [0.25, 0.3) is 5.91 Å². The molecule has 2 atom stereocenters. The van der Waals surface area contributed by atoms with Gasteiger partial charge >= 0.3 is 22.6 Å². The molecule has 0 spiro atoms. The van der Waals surface area contributed by atoms with Gasteiger partial charge in [-0.25, -0.2) is 4.79 Å². The zero-order valence-electron chi connectivity index (χ0n) is 24.8. The summed E-state index contributed by atoms with van der Waals surface area (Å²) in [5.41, 5.74) is 3.55. The lowest BCUT2D eigenvalue weighted by Crippen LogP contribution is -2.62. The van der Waals surface area contributed by atoms with Crippen LogP contribution in [0.4, 0.5) is 18.0 Å². The van der Waals surface area contributed by atoms with Crippen molar-refractivity contribution in [1.29, 1.82) is 0 Å². The van der Waals surface area contributed by atoms with E-state index in [9.17, 15) is 31.2 Å². The summed E-state index contributed by atoms with van der Waals surface area (Å²) in [7, 11) is -4.51. The van der Waals surface area contributed by atoms with Crippen molar-refractivity contribution in [3.63, 3.8) is 0 Å². The molecule has 4 N–H and O–H groups in total. The average molecular weight is 717 g/mol. The predicted molar refractivity (Wildman–Crippen MR) is 167 cm³/mol. The zero-order chi connectivity index (χ0) is 34.1. The third-order valence-electron chi connectivity index (χ3n) is 7.90. The van der Waals surface area contributed by atoms with Crippen LogP contribution in [0.25, 0.3) is 0 Å². The molecule has 2 unspecified atom stereocenters. The highest BCUT2D eigenvalue weighted by Gasteiger charge is 2.55. The highest BCUT2D eigenvalue weighted by Crippen LogP contribution is 2.46. The number of carbonyl (C=O) groups excluding carboxylic acids is 2. The van der Waals surface area contributed by atoms with Gasteiger partial charge in [-0.15, -0.1) is 0 Å². The summed E-state index contributed by atoms with van der Waals surface area (Å²) in [6.45, 7) is 0.819. The fourth-order valence-corrected chi connectivity index (χ4v) is 6.93. The minimum absolute atomic E-state index is 0.00377. The topological polar surface area (TPSA) is 143 Å². The number of alkyl halides is 3. The first-order valence-electron chi connectivity index (χ1n) is 14.3. The van der Waals surface area contributed by atoms with Crippen molar-refractivity contribution >= 4 is 45.5 Å². The van der Waals surface area contributed by atoms with Crippen molar-refractivity contribution in [2.45, 2.75) is 30.8 Å². The van der Waals surface area contributed by atoms with Crippen LogP contribution in [0.1, 0.15) is 41.3 Å². The number of piperazine rings is 1. The SMILES string of the molecule is CCOc1cc(C(F)(F)F)ccc1C1(C(=O)N2CCN(S(=O)(=O)OC(N)=O)CC2)NC(c2ccc(Cl)cc2)C(c2ccc(Cl)cc2)N1. The van der Waals surface area contributed by atoms with Crippen LogP contribution in [0.5, 0.6) is 5.75 Å². The molecule has 2 saturated heterocycles. The molecule has 3 aromatic rings. The molecule has 11 nitrogen and oxygen atoms in total. The van der Waals surface area contributed by atoms with Gasteiger partial charge in [-0.2, -0.15) is 25.9 Å². The standard InChI is InChI=1S/C30H30Cl2F3N5O6S/c1-2-45-24-17-20(30(33,34)35)7-12-23(24)29(27(41)39-13-15-40(16-14-39)47(43,44)46-28(36)42)37-25(18-3-8-21(31)9-4-18)26(38-29)19-5-10-22(32)11-6-19/h3-12,17,25-26,37-38H,2,13-16H2,1H3,(H2,36,42). The monoisotopic (exact) mass is 715 g/mol. The van der Waals surface area contributed by atoms with E-state index in [-0.39, 0.29) is 44.1 Å². The molecule has 0 aliphatic carbocycles. The molecular formula is C30H30Cl2F3N5O6S. The normalized spacial score (nSPS) is 22.2. The first-order valence-corrected chi connectivity index (χ1v) is 16.5. The van der Waals surface area contributed by atoms with Gasteiger partial charge < -0.3 is 19.6 Å². The number of nitrogens with zero attached hydrogens (tertiary/aromatic N) is 2. The van der Waals surface area contributed by atoms with Crippen LogP contribution in [0.3, 0.4) is 0 Å². The molecule has 0 radical (unpaired) electrons. The van der Waals surface area contributed by atoms with E-state index in [1.54, 1.807) is 55.5 Å². The lowest BCUT2D eigenvalue weighted by Gasteiger charge is -2.40. The van der Waals surface area contributed by atoms with E-state index in [1.165, 1.54) is 11.0 Å². The van der Waals surface area contributed by atoms with E-state index in [4.69, 9.17) is 33.7 Å². The number of benzene rings is 3. The summed E-state index contributed by atoms with van der Waals surface area (Å²) in [6.07, 6.45) is -6.20. The van der Waals surface area contributed by atoms with Gasteiger partial charge in [0.15, 0.2) is 5.66 Å². The summed E-state index contributed by atoms with van der Waals surface area (Å²) in [5.74, 6) is -0.792. The fourth-order valence-electron chi connectivity index (χ4n) is 5.75. The number of amides is 2. The van der Waals surface area contributed by atoms with Crippen molar-refractivity contribution in [3.8, 4) is 5.75 Å². The Bertz CT molecular complexity index is 1680. The summed E-state index contributed by atoms with van der Waals surface area (Å²) < 4.78 is 77.2. The maximum Gasteiger partial charge on any atom is 0.421 e. The molecule has 17 heteroatoms. The van der Waals surface area contributed by atoms with Crippen LogP contribution in [0, 0.1) is 0 Å². The van der Waals surface area contributed by atoms with Gasteiger partial charge in [0.1, 0.15) is 5.75 Å². The smallest absolute Gasteiger partial charge is 0.421 e. The molecule has 5 rings (SSSR count). The lowest BCUT2D eigenvalue weighted by atomic mass is 9.94. The van der Waals surface area contributed by atoms with Crippen LogP contribution in [-0.2, 0) is 31.1 Å². The Labute approximate surface area is 278 Å². The van der Waals surface area contributed by atoms with Gasteiger partial charge in [0.2, 0.25) is 0 Å². The van der Waals surface area contributed by atoms with Gasteiger partial charge in [-0.1, -0.05) is 53.5 Å². The maximum atomic E-state index is 14.8. The summed E-state index contributed by atoms with van der Waals surface area (Å²) in [6, 6.07) is 15.4. The molecule has 2 aliphatic rings. The minimum atomic E-state index is -4.69. The molecule has 252 valence electrons. The molecular weight excluding hydrogens is 686 g/mol. The quantitative estimate of drug-likeness (QED) is 0.304. The van der Waals surface area contributed by atoms with Crippen molar-refractivity contribution in [1.82, 2.24) is 19.8 Å². The van der Waals surface area contributed by atoms with Crippen molar-refractivity contribution in [2.24, 2.45) is 5.73 Å².